The molecule has 0 radical (unpaired) electrons. The summed E-state index contributed by atoms with van der Waals surface area (Å²) in [5, 5.41) is 0. The highest BCUT2D eigenvalue weighted by Gasteiger charge is 2.49. The highest BCUT2D eigenvalue weighted by atomic mass is 19.4. The number of ether oxygens (including phenoxy) is 2. The van der Waals surface area contributed by atoms with E-state index in [1.165, 1.54) is 0 Å². The summed E-state index contributed by atoms with van der Waals surface area (Å²) in [7, 11) is 0. The van der Waals surface area contributed by atoms with Crippen molar-refractivity contribution < 1.29 is 75.3 Å². The predicted octanol–water partition coefficient (Wildman–Crippen LogP) is 9.53. The van der Waals surface area contributed by atoms with Crippen molar-refractivity contribution in [3.05, 3.63) is 70.3 Å². The zero-order chi connectivity index (χ0) is 32.2. The smallest absolute Gasteiger partial charge is 0.420 e. The van der Waals surface area contributed by atoms with Gasteiger partial charge in [-0.3, -0.25) is 0 Å². The van der Waals surface area contributed by atoms with Gasteiger partial charge in [0, 0.05) is 17.4 Å². The maximum Gasteiger partial charge on any atom is 0.420 e. The Morgan fingerprint density at radius 2 is 0.714 bits per heavy atom. The molecule has 0 atom stereocenters. The van der Waals surface area contributed by atoms with Gasteiger partial charge in [-0.25, -0.2) is 0 Å². The van der Waals surface area contributed by atoms with Crippen LogP contribution in [0.1, 0.15) is 27.8 Å². The largest absolute Gasteiger partial charge is 0.457 e. The lowest BCUT2D eigenvalue weighted by Crippen LogP contribution is -2.20. The molecule has 42 heavy (non-hydrogen) atoms. The first kappa shape index (κ1) is 32.3. The van der Waals surface area contributed by atoms with E-state index in [2.05, 4.69) is 9.47 Å². The van der Waals surface area contributed by atoms with Crippen molar-refractivity contribution in [3.63, 3.8) is 0 Å². The molecule has 0 fully saturated rings. The Balaban J connectivity index is 2.25. The molecule has 0 heterocycles. The molecule has 0 amide bonds. The van der Waals surface area contributed by atoms with Crippen LogP contribution in [0, 0.1) is 0 Å². The summed E-state index contributed by atoms with van der Waals surface area (Å²) in [5.41, 5.74) is -4.68. The molecule has 19 heteroatoms. The van der Waals surface area contributed by atoms with Crippen LogP contribution in [0.25, 0.3) is 0 Å². The molecule has 0 aromatic heterocycles. The Hall–Kier alpha value is -4.19. The van der Waals surface area contributed by atoms with Gasteiger partial charge in [-0.2, -0.15) is 65.9 Å². The topological polar surface area (TPSA) is 70.5 Å². The van der Waals surface area contributed by atoms with E-state index in [4.69, 9.17) is 11.5 Å². The van der Waals surface area contributed by atoms with Crippen LogP contribution < -0.4 is 20.9 Å². The summed E-state index contributed by atoms with van der Waals surface area (Å²) < 4.78 is 212. The van der Waals surface area contributed by atoms with Crippen LogP contribution >= 0.6 is 0 Å². The Kier molecular flexibility index (Phi) is 7.90. The fourth-order valence-electron chi connectivity index (χ4n) is 3.65. The van der Waals surface area contributed by atoms with Crippen LogP contribution in [-0.2, 0) is 30.9 Å². The summed E-state index contributed by atoms with van der Waals surface area (Å²) in [5.74, 6) is -6.17. The third-order valence-corrected chi connectivity index (χ3v) is 5.20. The molecule has 0 saturated heterocycles. The minimum Gasteiger partial charge on any atom is -0.457 e. The maximum absolute atomic E-state index is 13.6. The molecule has 4 nitrogen and oxygen atoms in total. The van der Waals surface area contributed by atoms with Crippen LogP contribution in [0.5, 0.6) is 23.0 Å². The molecule has 4 N–H and O–H groups in total. The first-order valence-corrected chi connectivity index (χ1v) is 10.5. The second-order valence-electron chi connectivity index (χ2n) is 8.19. The number of benzene rings is 3. The second kappa shape index (κ2) is 10.3. The molecule has 0 spiro atoms. The second-order valence-corrected chi connectivity index (χ2v) is 8.19. The number of alkyl halides is 15. The van der Waals surface area contributed by atoms with Crippen molar-refractivity contribution in [1.82, 2.24) is 0 Å². The minimum atomic E-state index is -5.85. The molecule has 0 bridgehead atoms. The van der Waals surface area contributed by atoms with E-state index >= 15 is 0 Å². The average molecular weight is 632 g/mol. The maximum atomic E-state index is 13.6. The van der Waals surface area contributed by atoms with Gasteiger partial charge in [0.05, 0.1) is 16.7 Å². The highest BCUT2D eigenvalue weighted by molar-refractivity contribution is 5.61. The quantitative estimate of drug-likeness (QED) is 0.222. The Labute approximate surface area is 223 Å². The molecular formula is C23H11F15N2O2. The lowest BCUT2D eigenvalue weighted by molar-refractivity contribution is -0.162. The summed E-state index contributed by atoms with van der Waals surface area (Å²) in [4.78, 5) is 0. The van der Waals surface area contributed by atoms with Crippen LogP contribution in [0.4, 0.5) is 77.2 Å². The SMILES string of the molecule is Nc1ccc(Oc2cc(Oc3ccc(N)c(C(F)(F)F)c3C(F)(F)F)cc(C(F)(F)F)c2)c(C(F)(F)F)c1C(F)(F)F. The number of anilines is 2. The summed E-state index contributed by atoms with van der Waals surface area (Å²) >= 11 is 0. The number of halogens is 15. The number of rotatable bonds is 4. The van der Waals surface area contributed by atoms with E-state index < -0.39 is 93.1 Å². The number of hydrogen-bond acceptors (Lipinski definition) is 4. The first-order valence-electron chi connectivity index (χ1n) is 10.5. The van der Waals surface area contributed by atoms with Crippen LogP contribution in [0.2, 0.25) is 0 Å². The molecule has 0 aliphatic rings. The highest BCUT2D eigenvalue weighted by Crippen LogP contribution is 2.51. The lowest BCUT2D eigenvalue weighted by Gasteiger charge is -2.22. The molecule has 230 valence electrons. The summed E-state index contributed by atoms with van der Waals surface area (Å²) in [6, 6.07) is 1.14. The third-order valence-electron chi connectivity index (χ3n) is 5.20. The van der Waals surface area contributed by atoms with E-state index in [9.17, 15) is 65.9 Å². The minimum absolute atomic E-state index is 0.0502. The molecule has 3 aromatic carbocycles. The molecule has 0 aliphatic heterocycles. The van der Waals surface area contributed by atoms with E-state index in [0.717, 1.165) is 0 Å². The van der Waals surface area contributed by atoms with Gasteiger partial charge in [0.25, 0.3) is 0 Å². The predicted molar refractivity (Wildman–Crippen MR) is 113 cm³/mol. The van der Waals surface area contributed by atoms with E-state index in [-0.39, 0.29) is 30.3 Å². The van der Waals surface area contributed by atoms with Gasteiger partial charge in [-0.15, -0.1) is 0 Å². The van der Waals surface area contributed by atoms with Crippen LogP contribution in [0.3, 0.4) is 0 Å². The number of nitrogen functional groups attached to an aromatic ring is 2. The van der Waals surface area contributed by atoms with Crippen molar-refractivity contribution in [1.29, 1.82) is 0 Å². The van der Waals surface area contributed by atoms with Crippen molar-refractivity contribution in [2.75, 3.05) is 11.5 Å². The van der Waals surface area contributed by atoms with E-state index in [1.54, 1.807) is 0 Å². The van der Waals surface area contributed by atoms with E-state index in [0.29, 0.717) is 12.1 Å². The van der Waals surface area contributed by atoms with Gasteiger partial charge in [-0.1, -0.05) is 0 Å². The molecule has 0 aliphatic carbocycles. The zero-order valence-electron chi connectivity index (χ0n) is 19.7. The van der Waals surface area contributed by atoms with E-state index in [1.807, 2.05) is 0 Å². The standard InChI is InChI=1S/C23H11F15N2O2/c24-19(25,26)8-5-9(41-13-3-1-11(39)15(20(27,28)29)17(13)22(33,34)35)7-10(6-8)42-14-4-2-12(40)16(21(30,31)32)18(14)23(36,37)38/h1-7H,39-40H2. The summed E-state index contributed by atoms with van der Waals surface area (Å²) in [6.45, 7) is 0. The van der Waals surface area contributed by atoms with Crippen LogP contribution in [0.15, 0.2) is 42.5 Å². The van der Waals surface area contributed by atoms with Gasteiger partial charge in [0.1, 0.15) is 34.1 Å². The van der Waals surface area contributed by atoms with Gasteiger partial charge in [0.15, 0.2) is 0 Å². The van der Waals surface area contributed by atoms with Gasteiger partial charge < -0.3 is 20.9 Å². The van der Waals surface area contributed by atoms with Gasteiger partial charge in [0.2, 0.25) is 0 Å². The third kappa shape index (κ3) is 6.81. The fraction of sp³-hybridized carbons (Fsp3) is 0.217. The van der Waals surface area contributed by atoms with Crippen molar-refractivity contribution in [2.24, 2.45) is 0 Å². The average Bonchev–Trinajstić information content (AvgIpc) is 2.77. The van der Waals surface area contributed by atoms with Crippen molar-refractivity contribution in [3.8, 4) is 23.0 Å². The molecule has 3 rings (SSSR count). The molecule has 3 aromatic rings. The molecule has 0 saturated carbocycles. The number of nitrogens with two attached hydrogens (primary N) is 2. The Morgan fingerprint density at radius 1 is 0.405 bits per heavy atom. The fourth-order valence-corrected chi connectivity index (χ4v) is 3.65. The first-order chi connectivity index (χ1) is 18.8. The van der Waals surface area contributed by atoms with Gasteiger partial charge in [-0.05, 0) is 36.4 Å². The van der Waals surface area contributed by atoms with Crippen molar-refractivity contribution in [2.45, 2.75) is 30.9 Å². The Bertz CT molecular complexity index is 1380. The van der Waals surface area contributed by atoms with Gasteiger partial charge >= 0.3 is 30.9 Å². The normalized spacial score (nSPS) is 13.3. The Morgan fingerprint density at radius 3 is 0.976 bits per heavy atom. The number of hydrogen-bond donors (Lipinski definition) is 2. The lowest BCUT2D eigenvalue weighted by atomic mass is 10.0. The molecular weight excluding hydrogens is 621 g/mol. The molecule has 0 unspecified atom stereocenters. The zero-order valence-corrected chi connectivity index (χ0v) is 19.7. The van der Waals surface area contributed by atoms with Crippen LogP contribution in [-0.4, -0.2) is 0 Å². The summed E-state index contributed by atoms with van der Waals surface area (Å²) in [6.07, 6.45) is -28.6. The monoisotopic (exact) mass is 632 g/mol. The van der Waals surface area contributed by atoms with Crippen molar-refractivity contribution >= 4 is 11.4 Å².